The lowest BCUT2D eigenvalue weighted by Crippen LogP contribution is -2.29. The number of rotatable bonds is 4. The van der Waals surface area contributed by atoms with Gasteiger partial charge in [-0.15, -0.1) is 0 Å². The standard InChI is InChI=1S/C19H15F4N3O/c1-12(13-5-3-2-4-6-13)25-18(27)16-11-24-26(17(16)19(21,22)23)15-9-7-14(20)8-10-15/h2-12H,1H3,(H,25,27). The molecular formula is C19H15F4N3O. The van der Waals surface area contributed by atoms with E-state index in [-0.39, 0.29) is 5.69 Å². The van der Waals surface area contributed by atoms with E-state index in [0.717, 1.165) is 36.0 Å². The Morgan fingerprint density at radius 1 is 1.07 bits per heavy atom. The van der Waals surface area contributed by atoms with Gasteiger partial charge in [-0.1, -0.05) is 30.3 Å². The van der Waals surface area contributed by atoms with Crippen molar-refractivity contribution in [3.8, 4) is 5.69 Å². The second-order valence-corrected chi connectivity index (χ2v) is 5.90. The molecule has 0 fully saturated rings. The third-order valence-electron chi connectivity index (χ3n) is 4.00. The number of carbonyl (C=O) groups excluding carboxylic acids is 1. The van der Waals surface area contributed by atoms with Crippen LogP contribution in [0.5, 0.6) is 0 Å². The van der Waals surface area contributed by atoms with Crippen LogP contribution in [0.25, 0.3) is 5.69 Å². The summed E-state index contributed by atoms with van der Waals surface area (Å²) in [6.07, 6.45) is -3.97. The highest BCUT2D eigenvalue weighted by molar-refractivity contribution is 5.95. The molecule has 0 aliphatic carbocycles. The van der Waals surface area contributed by atoms with Gasteiger partial charge in [0.2, 0.25) is 0 Å². The van der Waals surface area contributed by atoms with Crippen molar-refractivity contribution in [3.05, 3.63) is 83.4 Å². The van der Waals surface area contributed by atoms with Gasteiger partial charge in [0.25, 0.3) is 5.91 Å². The second kappa shape index (κ2) is 7.22. The molecule has 1 unspecified atom stereocenters. The molecule has 140 valence electrons. The smallest absolute Gasteiger partial charge is 0.345 e. The number of halogens is 4. The molecule has 8 heteroatoms. The summed E-state index contributed by atoms with van der Waals surface area (Å²) in [5.74, 6) is -1.49. The molecule has 3 rings (SSSR count). The van der Waals surface area contributed by atoms with Gasteiger partial charge >= 0.3 is 6.18 Å². The first-order valence-corrected chi connectivity index (χ1v) is 8.04. The summed E-state index contributed by atoms with van der Waals surface area (Å²) in [6, 6.07) is 12.7. The zero-order chi connectivity index (χ0) is 19.6. The largest absolute Gasteiger partial charge is 0.434 e. The molecule has 1 atom stereocenters. The fraction of sp³-hybridized carbons (Fsp3) is 0.158. The fourth-order valence-corrected chi connectivity index (χ4v) is 2.66. The van der Waals surface area contributed by atoms with Gasteiger partial charge in [-0.2, -0.15) is 18.3 Å². The minimum Gasteiger partial charge on any atom is -0.345 e. The molecule has 1 N–H and O–H groups in total. The molecule has 0 aliphatic rings. The fourth-order valence-electron chi connectivity index (χ4n) is 2.66. The van der Waals surface area contributed by atoms with Gasteiger partial charge in [0.15, 0.2) is 5.69 Å². The predicted octanol–water partition coefficient (Wildman–Crippen LogP) is 4.52. The summed E-state index contributed by atoms with van der Waals surface area (Å²) in [4.78, 5) is 12.5. The van der Waals surface area contributed by atoms with Crippen LogP contribution in [0.1, 0.15) is 34.6 Å². The van der Waals surface area contributed by atoms with E-state index < -0.39 is 35.2 Å². The lowest BCUT2D eigenvalue weighted by Gasteiger charge is -2.16. The van der Waals surface area contributed by atoms with E-state index >= 15 is 0 Å². The van der Waals surface area contributed by atoms with E-state index in [1.165, 1.54) is 0 Å². The van der Waals surface area contributed by atoms with Crippen molar-refractivity contribution in [2.75, 3.05) is 0 Å². The maximum Gasteiger partial charge on any atom is 0.434 e. The van der Waals surface area contributed by atoms with Gasteiger partial charge in [0.1, 0.15) is 5.82 Å². The van der Waals surface area contributed by atoms with Crippen LogP contribution in [-0.4, -0.2) is 15.7 Å². The van der Waals surface area contributed by atoms with Crippen LogP contribution in [0.4, 0.5) is 17.6 Å². The van der Waals surface area contributed by atoms with Crippen LogP contribution >= 0.6 is 0 Å². The van der Waals surface area contributed by atoms with Crippen molar-refractivity contribution in [1.29, 1.82) is 0 Å². The van der Waals surface area contributed by atoms with E-state index in [2.05, 4.69) is 10.4 Å². The van der Waals surface area contributed by atoms with E-state index in [1.807, 2.05) is 0 Å². The van der Waals surface area contributed by atoms with E-state index in [9.17, 15) is 22.4 Å². The van der Waals surface area contributed by atoms with Gasteiger partial charge < -0.3 is 5.32 Å². The predicted molar refractivity (Wildman–Crippen MR) is 90.8 cm³/mol. The molecule has 4 nitrogen and oxygen atoms in total. The van der Waals surface area contributed by atoms with Crippen molar-refractivity contribution in [3.63, 3.8) is 0 Å². The van der Waals surface area contributed by atoms with Gasteiger partial charge in [0, 0.05) is 0 Å². The Kier molecular flexibility index (Phi) is 4.98. The van der Waals surface area contributed by atoms with Gasteiger partial charge in [-0.05, 0) is 36.8 Å². The van der Waals surface area contributed by atoms with Crippen LogP contribution in [0.15, 0.2) is 60.8 Å². The molecule has 0 saturated heterocycles. The van der Waals surface area contributed by atoms with Gasteiger partial charge in [0.05, 0.1) is 23.5 Å². The van der Waals surface area contributed by atoms with Crippen molar-refractivity contribution in [2.24, 2.45) is 0 Å². The second-order valence-electron chi connectivity index (χ2n) is 5.90. The highest BCUT2D eigenvalue weighted by Gasteiger charge is 2.40. The Morgan fingerprint density at radius 3 is 2.30 bits per heavy atom. The summed E-state index contributed by atoms with van der Waals surface area (Å²) in [5.41, 5.74) is -1.06. The number of hydrogen-bond donors (Lipinski definition) is 1. The normalized spacial score (nSPS) is 12.6. The third kappa shape index (κ3) is 3.99. The van der Waals surface area contributed by atoms with Gasteiger partial charge in [-0.25, -0.2) is 9.07 Å². The van der Waals surface area contributed by atoms with Crippen LogP contribution < -0.4 is 5.32 Å². The molecular weight excluding hydrogens is 362 g/mol. The average molecular weight is 377 g/mol. The number of amides is 1. The number of nitrogens with zero attached hydrogens (tertiary/aromatic N) is 2. The molecule has 0 radical (unpaired) electrons. The van der Waals surface area contributed by atoms with Crippen molar-refractivity contribution >= 4 is 5.91 Å². The van der Waals surface area contributed by atoms with Crippen molar-refractivity contribution in [1.82, 2.24) is 15.1 Å². The number of hydrogen-bond acceptors (Lipinski definition) is 2. The lowest BCUT2D eigenvalue weighted by atomic mass is 10.1. The molecule has 0 aliphatic heterocycles. The molecule has 0 spiro atoms. The number of aromatic nitrogens is 2. The molecule has 1 aromatic heterocycles. The maximum absolute atomic E-state index is 13.6. The molecule has 3 aromatic rings. The Balaban J connectivity index is 1.95. The Morgan fingerprint density at radius 2 is 1.70 bits per heavy atom. The maximum atomic E-state index is 13.6. The molecule has 0 saturated carbocycles. The minimum atomic E-state index is -4.83. The summed E-state index contributed by atoms with van der Waals surface area (Å²) in [7, 11) is 0. The van der Waals surface area contributed by atoms with Crippen molar-refractivity contribution < 1.29 is 22.4 Å². The number of alkyl halides is 3. The van der Waals surface area contributed by atoms with Gasteiger partial charge in [-0.3, -0.25) is 4.79 Å². The van der Waals surface area contributed by atoms with Crippen LogP contribution in [0.2, 0.25) is 0 Å². The van der Waals surface area contributed by atoms with Crippen LogP contribution in [0.3, 0.4) is 0 Å². The Labute approximate surface area is 152 Å². The first-order chi connectivity index (χ1) is 12.8. The summed E-state index contributed by atoms with van der Waals surface area (Å²) in [6.45, 7) is 1.67. The zero-order valence-electron chi connectivity index (χ0n) is 14.2. The lowest BCUT2D eigenvalue weighted by molar-refractivity contribution is -0.143. The number of carbonyl (C=O) groups is 1. The molecule has 27 heavy (non-hydrogen) atoms. The molecule has 1 heterocycles. The monoisotopic (exact) mass is 377 g/mol. The highest BCUT2D eigenvalue weighted by Crippen LogP contribution is 2.34. The molecule has 0 bridgehead atoms. The SMILES string of the molecule is CC(NC(=O)c1cnn(-c2ccc(F)cc2)c1C(F)(F)F)c1ccccc1. The highest BCUT2D eigenvalue weighted by atomic mass is 19.4. The van der Waals surface area contributed by atoms with E-state index in [0.29, 0.717) is 4.68 Å². The first-order valence-electron chi connectivity index (χ1n) is 8.04. The third-order valence-corrected chi connectivity index (χ3v) is 4.00. The summed E-state index contributed by atoms with van der Waals surface area (Å²) in [5, 5.41) is 6.24. The quantitative estimate of drug-likeness (QED) is 0.680. The average Bonchev–Trinajstić information content (AvgIpc) is 3.09. The topological polar surface area (TPSA) is 46.9 Å². The summed E-state index contributed by atoms with van der Waals surface area (Å²) >= 11 is 0. The molecule has 2 aromatic carbocycles. The molecule has 1 amide bonds. The van der Waals surface area contributed by atoms with E-state index in [1.54, 1.807) is 37.3 Å². The number of benzene rings is 2. The minimum absolute atomic E-state index is 0.00103. The van der Waals surface area contributed by atoms with E-state index in [4.69, 9.17) is 0 Å². The summed E-state index contributed by atoms with van der Waals surface area (Å²) < 4.78 is 54.5. The first kappa shape index (κ1) is 18.6. The Hall–Kier alpha value is -3.16. The Bertz CT molecular complexity index is 934. The zero-order valence-corrected chi connectivity index (χ0v) is 14.2. The van der Waals surface area contributed by atoms with Crippen LogP contribution in [0, 0.1) is 5.82 Å². The van der Waals surface area contributed by atoms with Crippen LogP contribution in [-0.2, 0) is 6.18 Å². The van der Waals surface area contributed by atoms with Crippen molar-refractivity contribution in [2.45, 2.75) is 19.1 Å². The number of nitrogens with one attached hydrogen (secondary N) is 1.